The number of aromatic nitrogens is 2. The number of primary amides is 1. The number of amides is 1. The Morgan fingerprint density at radius 2 is 2.20 bits per heavy atom. The zero-order chi connectivity index (χ0) is 11.5. The van der Waals surface area contributed by atoms with E-state index >= 15 is 0 Å². The lowest BCUT2D eigenvalue weighted by atomic mass is 10.2. The fourth-order valence-corrected chi connectivity index (χ4v) is 1.09. The highest BCUT2D eigenvalue weighted by atomic mass is 19.4. The molecule has 0 bridgehead atoms. The van der Waals surface area contributed by atoms with E-state index in [-0.39, 0.29) is 6.42 Å². The third kappa shape index (κ3) is 3.61. The maximum Gasteiger partial charge on any atom is 0.435 e. The molecule has 1 aromatic heterocycles. The molecular weight excluding hydrogens is 211 g/mol. The van der Waals surface area contributed by atoms with E-state index in [0.29, 0.717) is 18.5 Å². The summed E-state index contributed by atoms with van der Waals surface area (Å²) in [7, 11) is 0. The molecule has 1 heterocycles. The summed E-state index contributed by atoms with van der Waals surface area (Å²) < 4.78 is 36.3. The lowest BCUT2D eigenvalue weighted by Gasteiger charge is -1.98. The number of hydrogen-bond acceptors (Lipinski definition) is 2. The molecule has 0 aliphatic carbocycles. The molecule has 0 saturated heterocycles. The fourth-order valence-electron chi connectivity index (χ4n) is 1.09. The van der Waals surface area contributed by atoms with E-state index in [1.807, 2.05) is 0 Å². The number of aryl methyl sites for hydroxylation is 1. The van der Waals surface area contributed by atoms with Crippen LogP contribution in [0, 0.1) is 0 Å². The predicted molar refractivity (Wildman–Crippen MR) is 45.7 cm³/mol. The summed E-state index contributed by atoms with van der Waals surface area (Å²) in [6.45, 7) is 0. The van der Waals surface area contributed by atoms with Crippen molar-refractivity contribution < 1.29 is 18.0 Å². The van der Waals surface area contributed by atoms with Gasteiger partial charge >= 0.3 is 6.18 Å². The Labute approximate surface area is 83.7 Å². The normalized spacial score (nSPS) is 11.7. The second-order valence-electron chi connectivity index (χ2n) is 3.10. The molecule has 0 aromatic carbocycles. The van der Waals surface area contributed by atoms with Gasteiger partial charge in [-0.1, -0.05) is 0 Å². The van der Waals surface area contributed by atoms with Crippen molar-refractivity contribution in [3.8, 4) is 0 Å². The first-order chi connectivity index (χ1) is 6.89. The number of aromatic amines is 1. The first-order valence-electron chi connectivity index (χ1n) is 4.29. The van der Waals surface area contributed by atoms with Crippen LogP contribution in [0.4, 0.5) is 13.2 Å². The first-order valence-corrected chi connectivity index (χ1v) is 4.29. The molecule has 1 amide bonds. The Morgan fingerprint density at radius 3 is 2.67 bits per heavy atom. The molecule has 0 atom stereocenters. The molecule has 15 heavy (non-hydrogen) atoms. The predicted octanol–water partition coefficient (Wildman–Crippen LogP) is 1.24. The molecule has 84 valence electrons. The van der Waals surface area contributed by atoms with Crippen LogP contribution in [0.15, 0.2) is 6.07 Å². The summed E-state index contributed by atoms with van der Waals surface area (Å²) in [6.07, 6.45) is -3.54. The molecule has 0 aliphatic rings. The van der Waals surface area contributed by atoms with Crippen molar-refractivity contribution in [3.05, 3.63) is 17.5 Å². The number of nitrogens with zero attached hydrogens (tertiary/aromatic N) is 1. The average Bonchev–Trinajstić information content (AvgIpc) is 2.51. The van der Waals surface area contributed by atoms with Gasteiger partial charge in [-0.05, 0) is 18.9 Å². The fraction of sp³-hybridized carbons (Fsp3) is 0.500. The Balaban J connectivity index is 2.50. The van der Waals surface area contributed by atoms with E-state index in [1.165, 1.54) is 0 Å². The lowest BCUT2D eigenvalue weighted by molar-refractivity contribution is -0.141. The summed E-state index contributed by atoms with van der Waals surface area (Å²) in [5, 5.41) is 5.38. The monoisotopic (exact) mass is 221 g/mol. The van der Waals surface area contributed by atoms with Crippen molar-refractivity contribution in [3.63, 3.8) is 0 Å². The molecule has 7 heteroatoms. The van der Waals surface area contributed by atoms with E-state index in [9.17, 15) is 18.0 Å². The Bertz CT molecular complexity index is 345. The minimum Gasteiger partial charge on any atom is -0.370 e. The van der Waals surface area contributed by atoms with E-state index in [1.54, 1.807) is 0 Å². The van der Waals surface area contributed by atoms with Crippen LogP contribution in [-0.4, -0.2) is 16.1 Å². The van der Waals surface area contributed by atoms with Crippen molar-refractivity contribution in [2.45, 2.75) is 25.4 Å². The van der Waals surface area contributed by atoms with Gasteiger partial charge in [0.25, 0.3) is 0 Å². The quantitative estimate of drug-likeness (QED) is 0.802. The van der Waals surface area contributed by atoms with Gasteiger partial charge in [-0.15, -0.1) is 0 Å². The van der Waals surface area contributed by atoms with Crippen LogP contribution in [0.3, 0.4) is 0 Å². The molecule has 0 saturated carbocycles. The van der Waals surface area contributed by atoms with Crippen molar-refractivity contribution in [1.82, 2.24) is 10.2 Å². The summed E-state index contributed by atoms with van der Waals surface area (Å²) in [6, 6.07) is 0.932. The Morgan fingerprint density at radius 1 is 1.53 bits per heavy atom. The van der Waals surface area contributed by atoms with Crippen LogP contribution in [0.1, 0.15) is 24.2 Å². The van der Waals surface area contributed by atoms with Gasteiger partial charge in [-0.25, -0.2) is 0 Å². The molecular formula is C8H10F3N3O. The van der Waals surface area contributed by atoms with Crippen molar-refractivity contribution in [2.75, 3.05) is 0 Å². The Kier molecular flexibility index (Phi) is 3.33. The number of alkyl halides is 3. The topological polar surface area (TPSA) is 71.8 Å². The van der Waals surface area contributed by atoms with Crippen molar-refractivity contribution >= 4 is 5.91 Å². The number of nitrogens with two attached hydrogens (primary N) is 1. The number of nitrogens with one attached hydrogen (secondary N) is 1. The van der Waals surface area contributed by atoms with Crippen LogP contribution in [-0.2, 0) is 17.4 Å². The van der Waals surface area contributed by atoms with Gasteiger partial charge in [0.15, 0.2) is 5.69 Å². The summed E-state index contributed by atoms with van der Waals surface area (Å²) >= 11 is 0. The minimum atomic E-state index is -4.43. The van der Waals surface area contributed by atoms with E-state index in [2.05, 4.69) is 10.2 Å². The van der Waals surface area contributed by atoms with Crippen molar-refractivity contribution in [2.24, 2.45) is 5.73 Å². The van der Waals surface area contributed by atoms with Gasteiger partial charge in [0.05, 0.1) is 0 Å². The van der Waals surface area contributed by atoms with E-state index in [4.69, 9.17) is 5.73 Å². The highest BCUT2D eigenvalue weighted by Crippen LogP contribution is 2.27. The molecule has 0 fully saturated rings. The van der Waals surface area contributed by atoms with Crippen LogP contribution in [0.25, 0.3) is 0 Å². The highest BCUT2D eigenvalue weighted by Gasteiger charge is 2.33. The SMILES string of the molecule is NC(=O)CCCc1cc(C(F)(F)F)n[nH]1. The highest BCUT2D eigenvalue weighted by molar-refractivity contribution is 5.73. The summed E-state index contributed by atoms with van der Waals surface area (Å²) in [5.41, 5.74) is 4.29. The van der Waals surface area contributed by atoms with Crippen LogP contribution in [0.5, 0.6) is 0 Å². The number of H-pyrrole nitrogens is 1. The molecule has 0 unspecified atom stereocenters. The number of hydrogen-bond donors (Lipinski definition) is 2. The molecule has 0 spiro atoms. The van der Waals surface area contributed by atoms with Crippen LogP contribution in [0.2, 0.25) is 0 Å². The zero-order valence-electron chi connectivity index (χ0n) is 7.77. The third-order valence-corrected chi connectivity index (χ3v) is 1.79. The molecule has 3 N–H and O–H groups in total. The largest absolute Gasteiger partial charge is 0.435 e. The molecule has 0 aliphatic heterocycles. The second kappa shape index (κ2) is 4.33. The second-order valence-corrected chi connectivity index (χ2v) is 3.10. The van der Waals surface area contributed by atoms with Gasteiger partial charge in [0.2, 0.25) is 5.91 Å². The van der Waals surface area contributed by atoms with E-state index < -0.39 is 17.8 Å². The van der Waals surface area contributed by atoms with Gasteiger partial charge < -0.3 is 5.73 Å². The molecule has 0 radical (unpaired) electrons. The summed E-state index contributed by atoms with van der Waals surface area (Å²) in [5.74, 6) is -0.467. The summed E-state index contributed by atoms with van der Waals surface area (Å²) in [4.78, 5) is 10.4. The van der Waals surface area contributed by atoms with Crippen LogP contribution >= 0.6 is 0 Å². The average molecular weight is 221 g/mol. The van der Waals surface area contributed by atoms with Crippen molar-refractivity contribution in [1.29, 1.82) is 0 Å². The first kappa shape index (κ1) is 11.5. The van der Waals surface area contributed by atoms with E-state index in [0.717, 1.165) is 6.07 Å². The number of rotatable bonds is 4. The van der Waals surface area contributed by atoms with Gasteiger partial charge in [0.1, 0.15) is 0 Å². The van der Waals surface area contributed by atoms with Crippen LogP contribution < -0.4 is 5.73 Å². The lowest BCUT2D eigenvalue weighted by Crippen LogP contribution is -2.10. The standard InChI is InChI=1S/C8H10F3N3O/c9-8(10,11)6-4-5(13-14-6)2-1-3-7(12)15/h4H,1-3H2,(H2,12,15)(H,13,14). The number of halogens is 3. The molecule has 4 nitrogen and oxygen atoms in total. The van der Waals surface area contributed by atoms with Gasteiger partial charge in [0, 0.05) is 12.1 Å². The number of carbonyl (C=O) groups excluding carboxylic acids is 1. The Hall–Kier alpha value is -1.53. The molecule has 1 rings (SSSR count). The smallest absolute Gasteiger partial charge is 0.370 e. The van der Waals surface area contributed by atoms with Gasteiger partial charge in [-0.2, -0.15) is 18.3 Å². The maximum absolute atomic E-state index is 12.1. The maximum atomic E-state index is 12.1. The third-order valence-electron chi connectivity index (χ3n) is 1.79. The molecule has 1 aromatic rings. The zero-order valence-corrected chi connectivity index (χ0v) is 7.77. The van der Waals surface area contributed by atoms with Gasteiger partial charge in [-0.3, -0.25) is 9.89 Å². The number of carbonyl (C=O) groups is 1. The minimum absolute atomic E-state index is 0.153.